The van der Waals surface area contributed by atoms with Gasteiger partial charge in [-0.1, -0.05) is 45.8 Å². The van der Waals surface area contributed by atoms with Crippen LogP contribution < -0.4 is 0 Å². The molecule has 0 heterocycles. The minimum absolute atomic E-state index is 0.0206. The van der Waals surface area contributed by atoms with Crippen LogP contribution >= 0.6 is 11.6 Å². The first-order valence-electron chi connectivity index (χ1n) is 15.2. The van der Waals surface area contributed by atoms with E-state index in [1.54, 1.807) is 26.0 Å². The van der Waals surface area contributed by atoms with Crippen molar-refractivity contribution in [2.75, 3.05) is 6.61 Å². The number of ketones is 2. The maximum Gasteiger partial charge on any atom is 0.306 e. The van der Waals surface area contributed by atoms with Crippen molar-refractivity contribution in [3.05, 3.63) is 23.8 Å². The fourth-order valence-electron chi connectivity index (χ4n) is 8.92. The summed E-state index contributed by atoms with van der Waals surface area (Å²) in [6.07, 6.45) is 6.54. The molecule has 8 atom stereocenters. The summed E-state index contributed by atoms with van der Waals surface area (Å²) >= 11 is 7.60. The van der Waals surface area contributed by atoms with Crippen LogP contribution in [0, 0.1) is 28.6 Å². The number of hydrogen-bond donors (Lipinski definition) is 2. The fourth-order valence-corrected chi connectivity index (χ4v) is 9.44. The molecule has 232 valence electrons. The van der Waals surface area contributed by atoms with E-state index in [2.05, 4.69) is 0 Å². The molecule has 0 aromatic heterocycles. The lowest BCUT2D eigenvalue weighted by Crippen LogP contribution is -2.70. The normalized spacial score (nSPS) is 38.5. The maximum atomic E-state index is 14.3. The summed E-state index contributed by atoms with van der Waals surface area (Å²) in [4.78, 5) is 61.8. The van der Waals surface area contributed by atoms with Gasteiger partial charge >= 0.3 is 17.9 Å². The van der Waals surface area contributed by atoms with E-state index in [9.17, 15) is 34.2 Å². The van der Waals surface area contributed by atoms with Crippen molar-refractivity contribution in [3.63, 3.8) is 0 Å². The maximum absolute atomic E-state index is 14.3. The molecule has 0 amide bonds. The minimum atomic E-state index is -1.70. The van der Waals surface area contributed by atoms with Crippen molar-refractivity contribution >= 4 is 41.1 Å². The molecule has 0 spiro atoms. The highest BCUT2D eigenvalue weighted by atomic mass is 35.5. The first-order chi connectivity index (χ1) is 19.7. The monoisotopic (exact) mass is 606 g/mol. The summed E-state index contributed by atoms with van der Waals surface area (Å²) in [5, 5.41) is 21.4. The van der Waals surface area contributed by atoms with Gasteiger partial charge in [-0.3, -0.25) is 24.0 Å². The van der Waals surface area contributed by atoms with E-state index in [-0.39, 0.29) is 43.3 Å². The third-order valence-electron chi connectivity index (χ3n) is 10.8. The standard InChI is InChI=1S/C32H43ClO9/c1-5-27(39)41-18-25(36)32(42-28(40)6-2)19(3)15-23-22-11-10-20-16-21(34)12-14-29(20,4)31(22,33)24(35)17-30(23,32)13-8-7-9-26(37)38/h12,14,16,19,22-24,35H,5-11,13,15,17-18H2,1-4H3,(H,37,38)/t19-,22-,23-,24-,29-,30-,31?,32-/m0/s1. The topological polar surface area (TPSA) is 144 Å². The molecule has 0 aromatic rings. The van der Waals surface area contributed by atoms with Crippen LogP contribution in [0.25, 0.3) is 0 Å². The number of hydrogen-bond acceptors (Lipinski definition) is 8. The molecule has 0 bridgehead atoms. The molecular formula is C32H43ClO9. The number of carbonyl (C=O) groups excluding carboxylic acids is 4. The number of alkyl halides is 1. The lowest BCUT2D eigenvalue weighted by molar-refractivity contribution is -0.209. The van der Waals surface area contributed by atoms with Crippen LogP contribution in [0.5, 0.6) is 0 Å². The van der Waals surface area contributed by atoms with Crippen molar-refractivity contribution in [1.82, 2.24) is 0 Å². The molecule has 2 N–H and O–H groups in total. The Balaban J connectivity index is 1.87. The Morgan fingerprint density at radius 2 is 1.79 bits per heavy atom. The van der Waals surface area contributed by atoms with Gasteiger partial charge < -0.3 is 19.7 Å². The number of carbonyl (C=O) groups is 5. The number of aliphatic carboxylic acids is 1. The van der Waals surface area contributed by atoms with E-state index < -0.39 is 63.6 Å². The summed E-state index contributed by atoms with van der Waals surface area (Å²) in [5.74, 6) is -3.77. The number of esters is 2. The summed E-state index contributed by atoms with van der Waals surface area (Å²) in [5.41, 5.74) is -2.71. The zero-order chi connectivity index (χ0) is 31.1. The fraction of sp³-hybridized carbons (Fsp3) is 0.719. The molecule has 4 rings (SSSR count). The summed E-state index contributed by atoms with van der Waals surface area (Å²) in [6, 6.07) is 0. The second kappa shape index (κ2) is 11.9. The van der Waals surface area contributed by atoms with Crippen molar-refractivity contribution in [1.29, 1.82) is 0 Å². The molecule has 0 saturated heterocycles. The summed E-state index contributed by atoms with van der Waals surface area (Å²) < 4.78 is 11.5. The Morgan fingerprint density at radius 3 is 2.43 bits per heavy atom. The molecule has 10 heteroatoms. The van der Waals surface area contributed by atoms with Gasteiger partial charge in [-0.15, -0.1) is 11.6 Å². The number of allylic oxidation sites excluding steroid dienone is 4. The largest absolute Gasteiger partial charge is 0.481 e. The zero-order valence-corrected chi connectivity index (χ0v) is 25.7. The van der Waals surface area contributed by atoms with Gasteiger partial charge in [0.2, 0.25) is 5.78 Å². The van der Waals surface area contributed by atoms with Crippen molar-refractivity contribution in [2.45, 2.75) is 108 Å². The second-order valence-electron chi connectivity index (χ2n) is 12.7. The highest BCUT2D eigenvalue weighted by molar-refractivity contribution is 6.26. The van der Waals surface area contributed by atoms with Gasteiger partial charge in [-0.05, 0) is 62.5 Å². The molecule has 3 saturated carbocycles. The van der Waals surface area contributed by atoms with Crippen molar-refractivity contribution < 1.29 is 43.7 Å². The first-order valence-corrected chi connectivity index (χ1v) is 15.5. The minimum Gasteiger partial charge on any atom is -0.481 e. The SMILES string of the molecule is CCC(=O)OCC(=O)[C@@]1(OC(=O)CC)[C@@H](C)C[C@H]2[C@@H]3CCC4=CC(=O)C=C[C@]4(C)C3(Cl)[C@@H](O)C[C@@]21CCCCC(=O)O. The lowest BCUT2D eigenvalue weighted by atomic mass is 9.44. The Labute approximate surface area is 252 Å². The number of carboxylic acids is 1. The quantitative estimate of drug-likeness (QED) is 0.194. The molecule has 0 aliphatic heterocycles. The van der Waals surface area contributed by atoms with Gasteiger partial charge in [-0.2, -0.15) is 0 Å². The van der Waals surface area contributed by atoms with E-state index in [4.69, 9.17) is 21.1 Å². The van der Waals surface area contributed by atoms with Crippen LogP contribution in [-0.4, -0.2) is 62.9 Å². The molecular weight excluding hydrogens is 564 g/mol. The first kappa shape index (κ1) is 32.4. The van der Waals surface area contributed by atoms with Gasteiger partial charge in [0.25, 0.3) is 0 Å². The van der Waals surface area contributed by atoms with E-state index >= 15 is 0 Å². The van der Waals surface area contributed by atoms with E-state index in [0.717, 1.165) is 5.57 Å². The van der Waals surface area contributed by atoms with Crippen LogP contribution in [0.15, 0.2) is 23.8 Å². The molecule has 4 aliphatic rings. The third-order valence-corrected chi connectivity index (χ3v) is 11.7. The molecule has 3 fully saturated rings. The molecule has 9 nitrogen and oxygen atoms in total. The van der Waals surface area contributed by atoms with Crippen molar-refractivity contribution in [2.24, 2.45) is 28.6 Å². The highest BCUT2D eigenvalue weighted by Gasteiger charge is 2.77. The number of aliphatic hydroxyl groups is 1. The van der Waals surface area contributed by atoms with Gasteiger partial charge in [0.1, 0.15) is 0 Å². The predicted octanol–water partition coefficient (Wildman–Crippen LogP) is 4.71. The number of rotatable bonds is 11. The Bertz CT molecular complexity index is 1210. The molecule has 42 heavy (non-hydrogen) atoms. The number of Topliss-reactive ketones (excluding diaryl/α,β-unsaturated/α-hetero) is 1. The molecule has 0 aromatic carbocycles. The summed E-state index contributed by atoms with van der Waals surface area (Å²) in [7, 11) is 0. The zero-order valence-electron chi connectivity index (χ0n) is 24.9. The molecule has 1 unspecified atom stereocenters. The van der Waals surface area contributed by atoms with Crippen LogP contribution in [0.2, 0.25) is 0 Å². The Hall–Kier alpha value is -2.52. The smallest absolute Gasteiger partial charge is 0.306 e. The third kappa shape index (κ3) is 4.84. The highest BCUT2D eigenvalue weighted by Crippen LogP contribution is 2.73. The number of ether oxygens (including phenoxy) is 2. The van der Waals surface area contributed by atoms with Crippen LogP contribution in [0.1, 0.15) is 91.9 Å². The Morgan fingerprint density at radius 1 is 1.10 bits per heavy atom. The van der Waals surface area contributed by atoms with E-state index in [0.29, 0.717) is 38.5 Å². The average Bonchev–Trinajstić information content (AvgIpc) is 3.18. The van der Waals surface area contributed by atoms with Crippen molar-refractivity contribution in [3.8, 4) is 0 Å². The van der Waals surface area contributed by atoms with Crippen LogP contribution in [0.3, 0.4) is 0 Å². The van der Waals surface area contributed by atoms with Crippen LogP contribution in [0.4, 0.5) is 0 Å². The number of unbranched alkanes of at least 4 members (excludes halogenated alkanes) is 1. The predicted molar refractivity (Wildman–Crippen MR) is 153 cm³/mol. The number of halogens is 1. The lowest BCUT2D eigenvalue weighted by Gasteiger charge is -2.64. The average molecular weight is 607 g/mol. The second-order valence-corrected chi connectivity index (χ2v) is 13.4. The number of aliphatic hydroxyl groups excluding tert-OH is 1. The van der Waals surface area contributed by atoms with Gasteiger partial charge in [-0.25, -0.2) is 0 Å². The van der Waals surface area contributed by atoms with Gasteiger partial charge in [0.15, 0.2) is 18.0 Å². The Kier molecular flexibility index (Phi) is 9.16. The molecule has 4 aliphatic carbocycles. The summed E-state index contributed by atoms with van der Waals surface area (Å²) in [6.45, 7) is 6.49. The van der Waals surface area contributed by atoms with Gasteiger partial charge in [0.05, 0.1) is 11.0 Å². The number of carboxylic acid groups (broad SMARTS) is 1. The molecule has 0 radical (unpaired) electrons. The van der Waals surface area contributed by atoms with E-state index in [1.807, 2.05) is 13.8 Å². The van der Waals surface area contributed by atoms with Crippen LogP contribution in [-0.2, 0) is 33.4 Å². The van der Waals surface area contributed by atoms with Gasteiger partial charge in [0, 0.05) is 36.0 Å². The number of fused-ring (bicyclic) bond motifs is 5. The van der Waals surface area contributed by atoms with E-state index in [1.165, 1.54) is 6.08 Å².